The maximum Gasteiger partial charge on any atom is 0.328 e. The summed E-state index contributed by atoms with van der Waals surface area (Å²) in [6.45, 7) is 5.44. The first kappa shape index (κ1) is 51.4. The standard InChI is InChI=1S/C41H76N4O10/c1-3-5-7-9-11-13-15-17-19-24-32-54-38(50)34(26-28-36(46)47)44-40(52)42-30-22-21-23-31-43-41(53)45-35(27-29-37(48)49)39(51)55-33-25-20-18-16-14-12-10-8-6-4-2/h34-35H,3-33H2,1-2H3,(H,46,47)(H,48,49)(H2,42,44,52)(H2,43,45,53)/t34-,35-/m0/s1. The van der Waals surface area contributed by atoms with Gasteiger partial charge in [-0.05, 0) is 44.9 Å². The van der Waals surface area contributed by atoms with Crippen molar-refractivity contribution in [2.75, 3.05) is 26.3 Å². The van der Waals surface area contributed by atoms with Gasteiger partial charge < -0.3 is 41.0 Å². The average molecular weight is 785 g/mol. The first-order valence-corrected chi connectivity index (χ1v) is 21.5. The van der Waals surface area contributed by atoms with E-state index in [9.17, 15) is 28.8 Å². The van der Waals surface area contributed by atoms with E-state index in [0.29, 0.717) is 45.2 Å². The summed E-state index contributed by atoms with van der Waals surface area (Å²) >= 11 is 0. The number of carboxylic acid groups (broad SMARTS) is 2. The predicted molar refractivity (Wildman–Crippen MR) is 214 cm³/mol. The van der Waals surface area contributed by atoms with Gasteiger partial charge in [0, 0.05) is 25.9 Å². The van der Waals surface area contributed by atoms with Gasteiger partial charge in [-0.3, -0.25) is 9.59 Å². The predicted octanol–water partition coefficient (Wildman–Crippen LogP) is 8.15. The van der Waals surface area contributed by atoms with Gasteiger partial charge in [-0.25, -0.2) is 19.2 Å². The Kier molecular flexibility index (Phi) is 34.9. The van der Waals surface area contributed by atoms with Gasteiger partial charge in [-0.1, -0.05) is 129 Å². The van der Waals surface area contributed by atoms with Crippen LogP contribution in [0.3, 0.4) is 0 Å². The smallest absolute Gasteiger partial charge is 0.328 e. The maximum absolute atomic E-state index is 12.6. The zero-order chi connectivity index (χ0) is 40.8. The molecule has 6 N–H and O–H groups in total. The summed E-state index contributed by atoms with van der Waals surface area (Å²) < 4.78 is 10.7. The molecule has 0 aromatic carbocycles. The summed E-state index contributed by atoms with van der Waals surface area (Å²) in [4.78, 5) is 72.3. The molecule has 2 atom stereocenters. The van der Waals surface area contributed by atoms with Crippen LogP contribution in [0.25, 0.3) is 0 Å². The normalized spacial score (nSPS) is 12.0. The van der Waals surface area contributed by atoms with E-state index in [-0.39, 0.29) is 38.9 Å². The molecule has 0 saturated heterocycles. The fraction of sp³-hybridized carbons (Fsp3) is 0.854. The number of carbonyl (C=O) groups is 6. The monoisotopic (exact) mass is 785 g/mol. The molecule has 0 radical (unpaired) electrons. The van der Waals surface area contributed by atoms with E-state index in [2.05, 4.69) is 35.1 Å². The molecule has 0 aliphatic heterocycles. The SMILES string of the molecule is CCCCCCCCCCCCOC(=O)[C@H](CCC(=O)O)NC(=O)NCCCCCNC(=O)N[C@@H](CCC(=O)O)C(=O)OCCCCCCCCCCCC. The van der Waals surface area contributed by atoms with Gasteiger partial charge in [0.2, 0.25) is 0 Å². The van der Waals surface area contributed by atoms with Crippen molar-refractivity contribution >= 4 is 35.9 Å². The van der Waals surface area contributed by atoms with Crippen LogP contribution in [0.1, 0.15) is 187 Å². The van der Waals surface area contributed by atoms with Crippen LogP contribution in [-0.2, 0) is 28.7 Å². The Labute approximate surface area is 330 Å². The Bertz CT molecular complexity index is 951. The fourth-order valence-corrected chi connectivity index (χ4v) is 6.01. The van der Waals surface area contributed by atoms with E-state index in [0.717, 1.165) is 38.5 Å². The van der Waals surface area contributed by atoms with Gasteiger partial charge in [-0.2, -0.15) is 0 Å². The Morgan fingerprint density at radius 2 is 0.727 bits per heavy atom. The van der Waals surface area contributed by atoms with E-state index in [1.807, 2.05) is 0 Å². The van der Waals surface area contributed by atoms with Crippen molar-refractivity contribution in [2.24, 2.45) is 0 Å². The van der Waals surface area contributed by atoms with Gasteiger partial charge in [0.15, 0.2) is 0 Å². The molecule has 14 heteroatoms. The molecule has 320 valence electrons. The number of carbonyl (C=O) groups excluding carboxylic acids is 4. The largest absolute Gasteiger partial charge is 0.481 e. The highest BCUT2D eigenvalue weighted by molar-refractivity contribution is 5.84. The lowest BCUT2D eigenvalue weighted by molar-refractivity contribution is -0.148. The molecule has 0 spiro atoms. The van der Waals surface area contributed by atoms with Gasteiger partial charge in [0.25, 0.3) is 0 Å². The third-order valence-electron chi connectivity index (χ3n) is 9.38. The van der Waals surface area contributed by atoms with E-state index >= 15 is 0 Å². The van der Waals surface area contributed by atoms with Crippen LogP contribution < -0.4 is 21.3 Å². The van der Waals surface area contributed by atoms with Crippen LogP contribution in [-0.4, -0.2) is 84.5 Å². The second-order valence-electron chi connectivity index (χ2n) is 14.5. The van der Waals surface area contributed by atoms with E-state index in [4.69, 9.17) is 19.7 Å². The minimum Gasteiger partial charge on any atom is -0.481 e. The first-order chi connectivity index (χ1) is 26.6. The zero-order valence-electron chi connectivity index (χ0n) is 34.2. The van der Waals surface area contributed by atoms with Crippen molar-refractivity contribution in [3.05, 3.63) is 0 Å². The summed E-state index contributed by atoms with van der Waals surface area (Å²) in [6.07, 6.45) is 24.0. The van der Waals surface area contributed by atoms with E-state index in [1.54, 1.807) is 0 Å². The van der Waals surface area contributed by atoms with Crippen molar-refractivity contribution in [1.82, 2.24) is 21.3 Å². The summed E-state index contributed by atoms with van der Waals surface area (Å²) in [6, 6.07) is -3.34. The van der Waals surface area contributed by atoms with E-state index in [1.165, 1.54) is 77.0 Å². The molecule has 0 fully saturated rings. The molecule has 0 aliphatic rings. The highest BCUT2D eigenvalue weighted by atomic mass is 16.5. The molecule has 0 heterocycles. The molecule has 14 nitrogen and oxygen atoms in total. The minimum absolute atomic E-state index is 0.0818. The molecular weight excluding hydrogens is 708 g/mol. The lowest BCUT2D eigenvalue weighted by Gasteiger charge is -2.18. The lowest BCUT2D eigenvalue weighted by Crippen LogP contribution is -2.47. The third kappa shape index (κ3) is 34.6. The van der Waals surface area contributed by atoms with Crippen LogP contribution in [0, 0.1) is 0 Å². The average Bonchev–Trinajstić information content (AvgIpc) is 3.15. The number of rotatable bonds is 38. The van der Waals surface area contributed by atoms with Gasteiger partial charge in [0.1, 0.15) is 12.1 Å². The number of urea groups is 2. The van der Waals surface area contributed by atoms with Crippen LogP contribution in [0.5, 0.6) is 0 Å². The second kappa shape index (κ2) is 37.3. The van der Waals surface area contributed by atoms with Crippen LogP contribution in [0.2, 0.25) is 0 Å². The Morgan fingerprint density at radius 3 is 1.04 bits per heavy atom. The Hall–Kier alpha value is -3.58. The number of amides is 4. The number of aliphatic carboxylic acids is 2. The zero-order valence-corrected chi connectivity index (χ0v) is 34.2. The van der Waals surface area contributed by atoms with Crippen LogP contribution >= 0.6 is 0 Å². The molecule has 0 aliphatic carbocycles. The van der Waals surface area contributed by atoms with Crippen molar-refractivity contribution in [3.63, 3.8) is 0 Å². The van der Waals surface area contributed by atoms with Crippen molar-refractivity contribution < 1.29 is 48.5 Å². The molecule has 0 aromatic heterocycles. The molecule has 0 bridgehead atoms. The quantitative estimate of drug-likeness (QED) is 0.0261. The first-order valence-electron chi connectivity index (χ1n) is 21.5. The molecular formula is C41H76N4O10. The highest BCUT2D eigenvalue weighted by Gasteiger charge is 2.24. The lowest BCUT2D eigenvalue weighted by atomic mass is 10.1. The number of esters is 2. The van der Waals surface area contributed by atoms with Crippen LogP contribution in [0.15, 0.2) is 0 Å². The number of nitrogens with one attached hydrogen (secondary N) is 4. The Morgan fingerprint density at radius 1 is 0.436 bits per heavy atom. The second-order valence-corrected chi connectivity index (χ2v) is 14.5. The Balaban J connectivity index is 4.29. The number of carboxylic acids is 2. The fourth-order valence-electron chi connectivity index (χ4n) is 6.01. The molecule has 55 heavy (non-hydrogen) atoms. The molecule has 4 amide bonds. The van der Waals surface area contributed by atoms with Crippen molar-refractivity contribution in [3.8, 4) is 0 Å². The number of unbranched alkanes of at least 4 members (excludes halogenated alkanes) is 20. The third-order valence-corrected chi connectivity index (χ3v) is 9.38. The van der Waals surface area contributed by atoms with E-state index < -0.39 is 48.0 Å². The number of hydrogen-bond acceptors (Lipinski definition) is 8. The summed E-state index contributed by atoms with van der Waals surface area (Å²) in [7, 11) is 0. The molecule has 0 unspecified atom stereocenters. The van der Waals surface area contributed by atoms with Gasteiger partial charge >= 0.3 is 35.9 Å². The number of ether oxygens (including phenoxy) is 2. The highest BCUT2D eigenvalue weighted by Crippen LogP contribution is 2.12. The van der Waals surface area contributed by atoms with Gasteiger partial charge in [-0.15, -0.1) is 0 Å². The van der Waals surface area contributed by atoms with Gasteiger partial charge in [0.05, 0.1) is 13.2 Å². The summed E-state index contributed by atoms with van der Waals surface area (Å²) in [5.41, 5.74) is 0. The number of hydrogen-bond donors (Lipinski definition) is 6. The minimum atomic E-state index is -1.08. The summed E-state index contributed by atoms with van der Waals surface area (Å²) in [5, 5.41) is 28.6. The maximum atomic E-state index is 12.6. The molecule has 0 rings (SSSR count). The van der Waals surface area contributed by atoms with Crippen molar-refractivity contribution in [1.29, 1.82) is 0 Å². The van der Waals surface area contributed by atoms with Crippen molar-refractivity contribution in [2.45, 2.75) is 199 Å². The van der Waals surface area contributed by atoms with Crippen LogP contribution in [0.4, 0.5) is 9.59 Å². The summed E-state index contributed by atoms with van der Waals surface area (Å²) in [5.74, 6) is -3.45. The molecule has 0 aromatic rings. The topological polar surface area (TPSA) is 209 Å². The molecule has 0 saturated carbocycles.